The molecule has 164 valence electrons. The molecule has 2 heterocycles. The van der Waals surface area contributed by atoms with Crippen LogP contribution in [0.3, 0.4) is 0 Å². The van der Waals surface area contributed by atoms with Gasteiger partial charge in [-0.05, 0) is 63.2 Å². The molecule has 0 spiro atoms. The van der Waals surface area contributed by atoms with Crippen LogP contribution in [0.15, 0.2) is 24.3 Å². The fourth-order valence-corrected chi connectivity index (χ4v) is 3.83. The van der Waals surface area contributed by atoms with Crippen LogP contribution in [0.4, 0.5) is 24.8 Å². The maximum atomic E-state index is 14.3. The van der Waals surface area contributed by atoms with Crippen LogP contribution in [-0.4, -0.2) is 47.0 Å². The van der Waals surface area contributed by atoms with Crippen LogP contribution < -0.4 is 10.6 Å². The molecule has 6 nitrogen and oxygen atoms in total. The first-order chi connectivity index (χ1) is 14.9. The van der Waals surface area contributed by atoms with Gasteiger partial charge in [-0.2, -0.15) is 0 Å². The number of rotatable bonds is 7. The van der Waals surface area contributed by atoms with Gasteiger partial charge in [0.1, 0.15) is 11.3 Å². The minimum absolute atomic E-state index is 0.0617. The summed E-state index contributed by atoms with van der Waals surface area (Å²) in [6.45, 7) is 3.75. The third kappa shape index (κ3) is 4.77. The van der Waals surface area contributed by atoms with Crippen LogP contribution in [0.25, 0.3) is 11.0 Å². The molecule has 4 rings (SSSR count). The summed E-state index contributed by atoms with van der Waals surface area (Å²) in [5.41, 5.74) is -0.128. The first kappa shape index (κ1) is 21.5. The number of fused-ring (bicyclic) bond motifs is 1. The van der Waals surface area contributed by atoms with Crippen LogP contribution in [0.2, 0.25) is 5.02 Å². The normalized spacial score (nSPS) is 14.3. The van der Waals surface area contributed by atoms with Crippen molar-refractivity contribution in [1.82, 2.24) is 14.9 Å². The molecule has 3 aromatic rings. The van der Waals surface area contributed by atoms with E-state index in [1.54, 1.807) is 0 Å². The fourth-order valence-electron chi connectivity index (χ4n) is 3.65. The van der Waals surface area contributed by atoms with Crippen LogP contribution in [0, 0.1) is 17.5 Å². The largest absolute Gasteiger partial charge is 0.356 e. The summed E-state index contributed by atoms with van der Waals surface area (Å²) in [7, 11) is 0. The van der Waals surface area contributed by atoms with Gasteiger partial charge in [-0.25, -0.2) is 18.2 Å². The monoisotopic (exact) mass is 451 g/mol. The third-order valence-corrected chi connectivity index (χ3v) is 5.52. The first-order valence-corrected chi connectivity index (χ1v) is 10.4. The van der Waals surface area contributed by atoms with Crippen LogP contribution in [0.5, 0.6) is 0 Å². The molecule has 1 aromatic heterocycles. The maximum Gasteiger partial charge on any atom is 0.257 e. The molecule has 1 saturated heterocycles. The van der Waals surface area contributed by atoms with E-state index in [-0.39, 0.29) is 33.3 Å². The van der Waals surface area contributed by atoms with Crippen LogP contribution in [-0.2, 0) is 0 Å². The van der Waals surface area contributed by atoms with Gasteiger partial charge in [0.05, 0.1) is 16.1 Å². The number of nitrogens with one attached hydrogen (secondary N) is 3. The van der Waals surface area contributed by atoms with E-state index >= 15 is 0 Å². The second-order valence-corrected chi connectivity index (χ2v) is 7.85. The zero-order valence-electron chi connectivity index (χ0n) is 16.6. The lowest BCUT2D eigenvalue weighted by Gasteiger charge is -2.13. The van der Waals surface area contributed by atoms with E-state index in [0.717, 1.165) is 38.2 Å². The lowest BCUT2D eigenvalue weighted by atomic mass is 10.1. The van der Waals surface area contributed by atoms with E-state index in [9.17, 15) is 18.0 Å². The molecule has 0 bridgehead atoms. The van der Waals surface area contributed by atoms with Crippen molar-refractivity contribution in [2.75, 3.05) is 36.8 Å². The van der Waals surface area contributed by atoms with Crippen molar-refractivity contribution in [3.8, 4) is 0 Å². The van der Waals surface area contributed by atoms with Crippen molar-refractivity contribution in [3.63, 3.8) is 0 Å². The zero-order chi connectivity index (χ0) is 22.0. The Kier molecular flexibility index (Phi) is 6.33. The number of carbonyl (C=O) groups excluding carboxylic acids is 1. The van der Waals surface area contributed by atoms with Crippen molar-refractivity contribution < 1.29 is 18.0 Å². The number of amides is 1. The fraction of sp³-hybridized carbons (Fsp3) is 0.333. The number of likely N-dealkylation sites (tertiary alicyclic amines) is 1. The standard InChI is InChI=1S/C21H21ClF3N5O/c22-14-10-12(4-5-15(14)23)27-20(31)13-11-16(24)17(25)19-18(13)28-21(29-19)26-6-3-9-30-7-1-2-8-30/h4-5,10-11H,1-3,6-9H2,(H,27,31)(H2,26,28,29). The number of hydrogen-bond donors (Lipinski definition) is 3. The first-order valence-electron chi connectivity index (χ1n) is 10.0. The number of benzene rings is 2. The van der Waals surface area contributed by atoms with E-state index in [0.29, 0.717) is 6.54 Å². The van der Waals surface area contributed by atoms with Crippen molar-refractivity contribution >= 4 is 40.2 Å². The summed E-state index contributed by atoms with van der Waals surface area (Å²) in [5.74, 6) is -3.43. The van der Waals surface area contributed by atoms with Gasteiger partial charge in [0.25, 0.3) is 5.91 Å². The number of aromatic amines is 1. The summed E-state index contributed by atoms with van der Waals surface area (Å²) in [6, 6.07) is 4.44. The summed E-state index contributed by atoms with van der Waals surface area (Å²) in [4.78, 5) is 22.0. The Balaban J connectivity index is 1.51. The topological polar surface area (TPSA) is 73.1 Å². The highest BCUT2D eigenvalue weighted by molar-refractivity contribution is 6.31. The highest BCUT2D eigenvalue weighted by Crippen LogP contribution is 2.26. The summed E-state index contributed by atoms with van der Waals surface area (Å²) in [6.07, 6.45) is 3.31. The molecule has 3 N–H and O–H groups in total. The highest BCUT2D eigenvalue weighted by Gasteiger charge is 2.21. The summed E-state index contributed by atoms with van der Waals surface area (Å²) in [5, 5.41) is 5.39. The Labute approximate surface area is 181 Å². The molecule has 0 aliphatic carbocycles. The molecule has 31 heavy (non-hydrogen) atoms. The number of halogens is 4. The molecule has 2 aromatic carbocycles. The van der Waals surface area contributed by atoms with Crippen molar-refractivity contribution in [3.05, 3.63) is 52.3 Å². The molecule has 0 atom stereocenters. The van der Waals surface area contributed by atoms with E-state index in [2.05, 4.69) is 25.5 Å². The van der Waals surface area contributed by atoms with Crippen LogP contribution >= 0.6 is 11.6 Å². The molecular weight excluding hydrogens is 431 g/mol. The lowest BCUT2D eigenvalue weighted by molar-refractivity contribution is 0.102. The molecule has 1 aliphatic rings. The Bertz CT molecular complexity index is 1110. The molecular formula is C21H21ClF3N5O. The molecule has 1 aliphatic heterocycles. The number of hydrogen-bond acceptors (Lipinski definition) is 4. The molecule has 1 fully saturated rings. The lowest BCUT2D eigenvalue weighted by Crippen LogP contribution is -2.22. The molecule has 10 heteroatoms. The number of imidazole rings is 1. The minimum Gasteiger partial charge on any atom is -0.356 e. The van der Waals surface area contributed by atoms with Gasteiger partial charge >= 0.3 is 0 Å². The summed E-state index contributed by atoms with van der Waals surface area (Å²) < 4.78 is 41.7. The Hall–Kier alpha value is -2.78. The van der Waals surface area contributed by atoms with Gasteiger partial charge in [-0.3, -0.25) is 4.79 Å². The van der Waals surface area contributed by atoms with Gasteiger partial charge in [-0.15, -0.1) is 0 Å². The van der Waals surface area contributed by atoms with Gasteiger partial charge in [0, 0.05) is 12.2 Å². The number of H-pyrrole nitrogens is 1. The van der Waals surface area contributed by atoms with Gasteiger partial charge in [0.15, 0.2) is 11.6 Å². The second kappa shape index (κ2) is 9.15. The smallest absolute Gasteiger partial charge is 0.257 e. The van der Waals surface area contributed by atoms with E-state index in [4.69, 9.17) is 11.6 Å². The number of carbonyl (C=O) groups is 1. The van der Waals surface area contributed by atoms with E-state index in [1.807, 2.05) is 0 Å². The SMILES string of the molecule is O=C(Nc1ccc(F)c(Cl)c1)c1cc(F)c(F)c2nc(NCCCN3CCCC3)[nH]c12. The number of aromatic nitrogens is 2. The van der Waals surface area contributed by atoms with Gasteiger partial charge in [-0.1, -0.05) is 11.6 Å². The van der Waals surface area contributed by atoms with Gasteiger partial charge in [0.2, 0.25) is 5.95 Å². The average Bonchev–Trinajstić information content (AvgIpc) is 3.41. The maximum absolute atomic E-state index is 14.3. The Morgan fingerprint density at radius 3 is 2.68 bits per heavy atom. The second-order valence-electron chi connectivity index (χ2n) is 7.44. The summed E-state index contributed by atoms with van der Waals surface area (Å²) >= 11 is 5.73. The Morgan fingerprint density at radius 2 is 1.94 bits per heavy atom. The quantitative estimate of drug-likeness (QED) is 0.452. The predicted octanol–water partition coefficient (Wildman–Crippen LogP) is 4.78. The Morgan fingerprint density at radius 1 is 1.16 bits per heavy atom. The van der Waals surface area contributed by atoms with Crippen molar-refractivity contribution in [1.29, 1.82) is 0 Å². The van der Waals surface area contributed by atoms with Gasteiger partial charge < -0.3 is 20.5 Å². The number of anilines is 2. The van der Waals surface area contributed by atoms with Crippen molar-refractivity contribution in [2.24, 2.45) is 0 Å². The highest BCUT2D eigenvalue weighted by atomic mass is 35.5. The minimum atomic E-state index is -1.19. The molecule has 1 amide bonds. The van der Waals surface area contributed by atoms with E-state index in [1.165, 1.54) is 25.0 Å². The zero-order valence-corrected chi connectivity index (χ0v) is 17.3. The van der Waals surface area contributed by atoms with Crippen LogP contribution in [0.1, 0.15) is 29.6 Å². The van der Waals surface area contributed by atoms with Crippen molar-refractivity contribution in [2.45, 2.75) is 19.3 Å². The molecule has 0 saturated carbocycles. The van der Waals surface area contributed by atoms with E-state index < -0.39 is 23.4 Å². The average molecular weight is 452 g/mol. The predicted molar refractivity (Wildman–Crippen MR) is 114 cm³/mol. The third-order valence-electron chi connectivity index (χ3n) is 5.23. The molecule has 0 unspecified atom stereocenters. The molecule has 0 radical (unpaired) electrons. The number of nitrogens with zero attached hydrogens (tertiary/aromatic N) is 2.